The van der Waals surface area contributed by atoms with E-state index >= 15 is 0 Å². The summed E-state index contributed by atoms with van der Waals surface area (Å²) in [7, 11) is 1.61. The Morgan fingerprint density at radius 1 is 1.06 bits per heavy atom. The summed E-state index contributed by atoms with van der Waals surface area (Å²) < 4.78 is 17.6. The van der Waals surface area contributed by atoms with E-state index in [2.05, 4.69) is 30.8 Å². The Kier molecular flexibility index (Phi) is 6.03. The molecule has 0 unspecified atom stereocenters. The number of amides is 1. The molecule has 11 nitrogen and oxygen atoms in total. The van der Waals surface area contributed by atoms with Crippen LogP contribution in [0.15, 0.2) is 65.2 Å². The van der Waals surface area contributed by atoms with E-state index in [1.165, 1.54) is 0 Å². The number of rotatable bonds is 8. The number of aryl methyl sites for hydroxylation is 1. The van der Waals surface area contributed by atoms with Gasteiger partial charge in [-0.15, -0.1) is 15.3 Å². The van der Waals surface area contributed by atoms with Gasteiger partial charge in [0, 0.05) is 29.7 Å². The lowest BCUT2D eigenvalue weighted by atomic mass is 10.1. The van der Waals surface area contributed by atoms with Gasteiger partial charge < -0.3 is 19.3 Å². The molecule has 0 spiro atoms. The van der Waals surface area contributed by atoms with Crippen LogP contribution in [0.2, 0.25) is 0 Å². The monoisotopic (exact) mass is 471 g/mol. The Bertz CT molecular complexity index is 1480. The van der Waals surface area contributed by atoms with Crippen molar-refractivity contribution >= 4 is 11.6 Å². The van der Waals surface area contributed by atoms with E-state index in [1.54, 1.807) is 54.9 Å². The van der Waals surface area contributed by atoms with Crippen LogP contribution in [0.1, 0.15) is 16.2 Å². The Labute approximate surface area is 199 Å². The summed E-state index contributed by atoms with van der Waals surface area (Å²) in [6, 6.07) is 17.9. The first kappa shape index (κ1) is 22.0. The van der Waals surface area contributed by atoms with Gasteiger partial charge in [0.2, 0.25) is 17.6 Å². The molecule has 0 aliphatic rings. The molecule has 1 amide bonds. The molecular weight excluding hydrogens is 450 g/mol. The van der Waals surface area contributed by atoms with Crippen LogP contribution in [0.4, 0.5) is 0 Å². The van der Waals surface area contributed by atoms with Gasteiger partial charge >= 0.3 is 0 Å². The average molecular weight is 471 g/mol. The van der Waals surface area contributed by atoms with E-state index in [-0.39, 0.29) is 12.5 Å². The minimum Gasteiger partial charge on any atom is -0.497 e. The second-order valence-corrected chi connectivity index (χ2v) is 7.52. The SMILES string of the molecule is COc1cccc(-c2nnc3ccc(OCCNC(=O)c4ccc(-c5noc(C)n5)cc4)nn23)c1. The molecule has 0 bridgehead atoms. The summed E-state index contributed by atoms with van der Waals surface area (Å²) in [6.45, 7) is 2.26. The molecule has 0 atom stereocenters. The zero-order valence-corrected chi connectivity index (χ0v) is 19.0. The quantitative estimate of drug-likeness (QED) is 0.339. The number of hydrogen-bond donors (Lipinski definition) is 1. The fraction of sp³-hybridized carbons (Fsp3) is 0.167. The number of benzene rings is 2. The number of hydrogen-bond acceptors (Lipinski definition) is 9. The van der Waals surface area contributed by atoms with Gasteiger partial charge in [0.05, 0.1) is 13.7 Å². The first-order chi connectivity index (χ1) is 17.1. The number of carbonyl (C=O) groups is 1. The van der Waals surface area contributed by atoms with E-state index in [0.29, 0.717) is 46.9 Å². The summed E-state index contributed by atoms with van der Waals surface area (Å²) >= 11 is 0. The fourth-order valence-corrected chi connectivity index (χ4v) is 3.40. The van der Waals surface area contributed by atoms with Crippen LogP contribution in [0.3, 0.4) is 0 Å². The van der Waals surface area contributed by atoms with Crippen molar-refractivity contribution in [1.82, 2.24) is 35.3 Å². The molecule has 0 aliphatic carbocycles. The molecule has 11 heteroatoms. The number of carbonyl (C=O) groups excluding carboxylic acids is 1. The summed E-state index contributed by atoms with van der Waals surface area (Å²) in [6.07, 6.45) is 0. The van der Waals surface area contributed by atoms with E-state index < -0.39 is 0 Å². The van der Waals surface area contributed by atoms with Crippen LogP contribution in [0.5, 0.6) is 11.6 Å². The summed E-state index contributed by atoms with van der Waals surface area (Å²) in [5.74, 6) is 2.41. The fourth-order valence-electron chi connectivity index (χ4n) is 3.40. The first-order valence-corrected chi connectivity index (χ1v) is 10.8. The standard InChI is InChI=1S/C24H21N7O4/c1-15-26-22(30-35-15)16-6-8-17(9-7-16)24(32)25-12-13-34-21-11-10-20-27-28-23(31(20)29-21)18-4-3-5-19(14-18)33-2/h3-11,14H,12-13H2,1-2H3,(H,25,32). The maximum atomic E-state index is 12.4. The third-order valence-corrected chi connectivity index (χ3v) is 5.14. The zero-order valence-electron chi connectivity index (χ0n) is 19.0. The van der Waals surface area contributed by atoms with Crippen molar-refractivity contribution in [2.24, 2.45) is 0 Å². The molecule has 0 aliphatic heterocycles. The third-order valence-electron chi connectivity index (χ3n) is 5.14. The van der Waals surface area contributed by atoms with Crippen molar-refractivity contribution < 1.29 is 18.8 Å². The van der Waals surface area contributed by atoms with Crippen molar-refractivity contribution in [1.29, 1.82) is 0 Å². The van der Waals surface area contributed by atoms with Crippen LogP contribution < -0.4 is 14.8 Å². The molecule has 0 radical (unpaired) electrons. The van der Waals surface area contributed by atoms with Gasteiger partial charge in [-0.25, -0.2) is 0 Å². The molecule has 2 aromatic carbocycles. The minimum atomic E-state index is -0.216. The molecule has 3 heterocycles. The first-order valence-electron chi connectivity index (χ1n) is 10.8. The highest BCUT2D eigenvalue weighted by Gasteiger charge is 2.12. The highest BCUT2D eigenvalue weighted by molar-refractivity contribution is 5.94. The predicted octanol–water partition coefficient (Wildman–Crippen LogP) is 2.97. The number of ether oxygens (including phenoxy) is 2. The van der Waals surface area contributed by atoms with Gasteiger partial charge in [0.25, 0.3) is 5.91 Å². The molecule has 5 aromatic rings. The largest absolute Gasteiger partial charge is 0.497 e. The van der Waals surface area contributed by atoms with Gasteiger partial charge in [-0.05, 0) is 30.3 Å². The number of fused-ring (bicyclic) bond motifs is 1. The lowest BCUT2D eigenvalue weighted by Crippen LogP contribution is -2.28. The average Bonchev–Trinajstić information content (AvgIpc) is 3.52. The van der Waals surface area contributed by atoms with E-state index in [1.807, 2.05) is 24.3 Å². The minimum absolute atomic E-state index is 0.216. The number of methoxy groups -OCH3 is 1. The van der Waals surface area contributed by atoms with E-state index in [0.717, 1.165) is 11.1 Å². The molecule has 5 rings (SSSR count). The van der Waals surface area contributed by atoms with Crippen LogP contribution in [0, 0.1) is 6.92 Å². The second kappa shape index (κ2) is 9.59. The second-order valence-electron chi connectivity index (χ2n) is 7.52. The lowest BCUT2D eigenvalue weighted by molar-refractivity contribution is 0.0946. The van der Waals surface area contributed by atoms with Gasteiger partial charge in [0.15, 0.2) is 11.5 Å². The Morgan fingerprint density at radius 3 is 2.69 bits per heavy atom. The van der Waals surface area contributed by atoms with Gasteiger partial charge in [-0.2, -0.15) is 9.50 Å². The normalized spacial score (nSPS) is 10.9. The van der Waals surface area contributed by atoms with Crippen LogP contribution in [0.25, 0.3) is 28.4 Å². The highest BCUT2D eigenvalue weighted by Crippen LogP contribution is 2.23. The van der Waals surface area contributed by atoms with Crippen molar-refractivity contribution in [3.8, 4) is 34.4 Å². The molecule has 35 heavy (non-hydrogen) atoms. The summed E-state index contributed by atoms with van der Waals surface area (Å²) in [4.78, 5) is 16.6. The number of nitrogens with zero attached hydrogens (tertiary/aromatic N) is 6. The molecule has 0 saturated heterocycles. The van der Waals surface area contributed by atoms with Crippen LogP contribution >= 0.6 is 0 Å². The smallest absolute Gasteiger partial charge is 0.251 e. The van der Waals surface area contributed by atoms with Crippen LogP contribution in [-0.2, 0) is 0 Å². The Hall–Kier alpha value is -4.80. The Morgan fingerprint density at radius 2 is 1.91 bits per heavy atom. The molecule has 0 fully saturated rings. The molecule has 3 aromatic heterocycles. The number of aromatic nitrogens is 6. The molecular formula is C24H21N7O4. The number of nitrogens with one attached hydrogen (secondary N) is 1. The Balaban J connectivity index is 1.19. The van der Waals surface area contributed by atoms with Gasteiger partial charge in [-0.1, -0.05) is 29.4 Å². The topological polar surface area (TPSA) is 130 Å². The van der Waals surface area contributed by atoms with E-state index in [4.69, 9.17) is 14.0 Å². The maximum absolute atomic E-state index is 12.4. The summed E-state index contributed by atoms with van der Waals surface area (Å²) in [5.41, 5.74) is 2.68. The highest BCUT2D eigenvalue weighted by atomic mass is 16.5. The zero-order chi connectivity index (χ0) is 24.2. The molecule has 176 valence electrons. The van der Waals surface area contributed by atoms with E-state index in [9.17, 15) is 4.79 Å². The maximum Gasteiger partial charge on any atom is 0.251 e. The van der Waals surface area contributed by atoms with Crippen molar-refractivity contribution in [3.63, 3.8) is 0 Å². The third kappa shape index (κ3) is 4.78. The predicted molar refractivity (Wildman–Crippen MR) is 125 cm³/mol. The van der Waals surface area contributed by atoms with Crippen LogP contribution in [-0.4, -0.2) is 56.1 Å². The van der Waals surface area contributed by atoms with Crippen molar-refractivity contribution in [2.45, 2.75) is 6.92 Å². The van der Waals surface area contributed by atoms with Crippen molar-refractivity contribution in [3.05, 3.63) is 72.1 Å². The van der Waals surface area contributed by atoms with Gasteiger partial charge in [-0.3, -0.25) is 4.79 Å². The molecule has 0 saturated carbocycles. The van der Waals surface area contributed by atoms with Crippen molar-refractivity contribution in [2.75, 3.05) is 20.3 Å². The van der Waals surface area contributed by atoms with Gasteiger partial charge in [0.1, 0.15) is 12.4 Å². The lowest BCUT2D eigenvalue weighted by Gasteiger charge is -2.08. The molecule has 1 N–H and O–H groups in total. The summed E-state index contributed by atoms with van der Waals surface area (Å²) in [5, 5.41) is 19.6.